The van der Waals surface area contributed by atoms with Crippen LogP contribution in [-0.4, -0.2) is 30.1 Å². The summed E-state index contributed by atoms with van der Waals surface area (Å²) in [4.78, 5) is 0.0227. The number of aryl methyl sites for hydroxylation is 2. The SMILES string of the molecule is Cc1sc(-c2ccc(C(c3ccccc3)(C(F)(F)F)C(F)(F)F)cc2)c(C)c1C1=C(c2c(C)sc3ccccc23)C(F)(F)C(F)(F)C1(F)F. The van der Waals surface area contributed by atoms with E-state index in [1.807, 2.05) is 0 Å². The van der Waals surface area contributed by atoms with Crippen LogP contribution in [-0.2, 0) is 5.41 Å². The maximum Gasteiger partial charge on any atom is 0.411 e. The van der Waals surface area contributed by atoms with Crippen LogP contribution in [0.4, 0.5) is 52.7 Å². The van der Waals surface area contributed by atoms with Gasteiger partial charge in [0, 0.05) is 47.0 Å². The number of benzene rings is 3. The molecule has 258 valence electrons. The molecule has 0 bridgehead atoms. The summed E-state index contributed by atoms with van der Waals surface area (Å²) in [6.07, 6.45) is -11.7. The van der Waals surface area contributed by atoms with E-state index in [1.165, 1.54) is 45.0 Å². The fraction of sp³-hybridized carbons (Fsp3) is 0.257. The van der Waals surface area contributed by atoms with Gasteiger partial charge in [0.1, 0.15) is 0 Å². The van der Waals surface area contributed by atoms with E-state index in [9.17, 15) is 26.3 Å². The van der Waals surface area contributed by atoms with Gasteiger partial charge in [-0.2, -0.15) is 52.7 Å². The molecule has 0 unspecified atom stereocenters. The fourth-order valence-electron chi connectivity index (χ4n) is 6.71. The van der Waals surface area contributed by atoms with Crippen LogP contribution in [0.1, 0.15) is 37.6 Å². The van der Waals surface area contributed by atoms with Crippen LogP contribution >= 0.6 is 22.7 Å². The highest BCUT2D eigenvalue weighted by molar-refractivity contribution is 7.19. The van der Waals surface area contributed by atoms with Crippen LogP contribution in [0, 0.1) is 20.8 Å². The summed E-state index contributed by atoms with van der Waals surface area (Å²) < 4.78 is 181. The van der Waals surface area contributed by atoms with E-state index in [2.05, 4.69) is 0 Å². The molecular formula is C35H22F12S2. The standard InChI is InChI=1S/C35H22F12S2/c1-17-25(27-28(32(38,39)33(40,41)31(27,36)37)26-19(3)48-24-12-8-7-11-23(24)26)18(2)49-29(17)20-13-15-22(16-14-20)30(34(42,43)44,35(45,46)47)21-9-5-4-6-10-21/h4-16H,1-3H3. The molecule has 0 amide bonds. The first-order valence-corrected chi connectivity index (χ1v) is 16.0. The molecule has 0 saturated heterocycles. The summed E-state index contributed by atoms with van der Waals surface area (Å²) in [6.45, 7) is 3.80. The molecule has 0 N–H and O–H groups in total. The lowest BCUT2D eigenvalue weighted by Gasteiger charge is -2.38. The summed E-state index contributed by atoms with van der Waals surface area (Å²) in [5, 5.41) is 0.0725. The van der Waals surface area contributed by atoms with Crippen molar-refractivity contribution < 1.29 is 52.7 Å². The van der Waals surface area contributed by atoms with Gasteiger partial charge in [-0.25, -0.2) is 0 Å². The minimum Gasteiger partial charge on any atom is -0.194 e. The number of hydrogen-bond acceptors (Lipinski definition) is 2. The van der Waals surface area contributed by atoms with E-state index >= 15 is 26.3 Å². The molecule has 1 aliphatic rings. The zero-order chi connectivity index (χ0) is 36.1. The molecule has 0 atom stereocenters. The van der Waals surface area contributed by atoms with Gasteiger partial charge in [0.15, 0.2) is 0 Å². The largest absolute Gasteiger partial charge is 0.411 e. The van der Waals surface area contributed by atoms with E-state index in [-0.39, 0.29) is 31.1 Å². The van der Waals surface area contributed by atoms with E-state index in [4.69, 9.17) is 0 Å². The number of thiophene rings is 2. The lowest BCUT2D eigenvalue weighted by Crippen LogP contribution is -2.54. The number of halogens is 12. The molecular weight excluding hydrogens is 712 g/mol. The second-order valence-corrected chi connectivity index (χ2v) is 14.2. The maximum absolute atomic E-state index is 15.8. The highest BCUT2D eigenvalue weighted by atomic mass is 32.1. The number of allylic oxidation sites excluding steroid dienone is 2. The van der Waals surface area contributed by atoms with Gasteiger partial charge in [0.25, 0.3) is 0 Å². The second kappa shape index (κ2) is 11.1. The average Bonchev–Trinajstić information content (AvgIpc) is 3.52. The summed E-state index contributed by atoms with van der Waals surface area (Å²) in [5.41, 5.74) is -11.1. The molecule has 2 aromatic heterocycles. The first kappa shape index (κ1) is 35.1. The van der Waals surface area contributed by atoms with Crippen molar-refractivity contribution in [2.45, 2.75) is 56.3 Å². The zero-order valence-corrected chi connectivity index (χ0v) is 27.0. The molecule has 6 rings (SSSR count). The number of alkyl halides is 12. The normalized spacial score (nSPS) is 17.7. The van der Waals surface area contributed by atoms with E-state index in [1.54, 1.807) is 6.07 Å². The second-order valence-electron chi connectivity index (χ2n) is 11.7. The summed E-state index contributed by atoms with van der Waals surface area (Å²) in [7, 11) is 0. The van der Waals surface area contributed by atoms with Crippen molar-refractivity contribution in [1.82, 2.24) is 0 Å². The van der Waals surface area contributed by atoms with Gasteiger partial charge in [0.2, 0.25) is 5.41 Å². The third kappa shape index (κ3) is 4.72. The van der Waals surface area contributed by atoms with Crippen molar-refractivity contribution in [3.8, 4) is 10.4 Å². The Hall–Kier alpha value is -3.78. The van der Waals surface area contributed by atoms with Crippen LogP contribution < -0.4 is 0 Å². The van der Waals surface area contributed by atoms with Crippen molar-refractivity contribution in [1.29, 1.82) is 0 Å². The number of rotatable bonds is 5. The lowest BCUT2D eigenvalue weighted by molar-refractivity contribution is -0.288. The molecule has 49 heavy (non-hydrogen) atoms. The molecule has 5 aromatic rings. The van der Waals surface area contributed by atoms with Crippen molar-refractivity contribution >= 4 is 43.9 Å². The number of fused-ring (bicyclic) bond motifs is 1. The van der Waals surface area contributed by atoms with Crippen LogP contribution in [0.25, 0.3) is 31.7 Å². The number of hydrogen-bond donors (Lipinski definition) is 0. The Morgan fingerprint density at radius 1 is 0.531 bits per heavy atom. The maximum atomic E-state index is 15.8. The van der Waals surface area contributed by atoms with E-state index < -0.39 is 68.9 Å². The van der Waals surface area contributed by atoms with E-state index in [0.29, 0.717) is 40.3 Å². The molecule has 3 aromatic carbocycles. The Labute approximate surface area is 279 Å². The highest BCUT2D eigenvalue weighted by Crippen LogP contribution is 2.67. The Morgan fingerprint density at radius 3 is 1.55 bits per heavy atom. The van der Waals surface area contributed by atoms with Crippen molar-refractivity contribution in [2.75, 3.05) is 0 Å². The van der Waals surface area contributed by atoms with E-state index in [0.717, 1.165) is 35.6 Å². The quantitative estimate of drug-likeness (QED) is 0.158. The summed E-state index contributed by atoms with van der Waals surface area (Å²) in [6, 6.07) is 13.7. The topological polar surface area (TPSA) is 0 Å². The Balaban J connectivity index is 1.58. The molecule has 0 spiro atoms. The predicted molar refractivity (Wildman–Crippen MR) is 167 cm³/mol. The van der Waals surface area contributed by atoms with Crippen LogP contribution in [0.15, 0.2) is 78.9 Å². The Morgan fingerprint density at radius 2 is 1.00 bits per heavy atom. The third-order valence-corrected chi connectivity index (χ3v) is 11.2. The molecule has 0 aliphatic heterocycles. The minimum absolute atomic E-state index is 0.0106. The van der Waals surface area contributed by atoms with Crippen LogP contribution in [0.5, 0.6) is 0 Å². The van der Waals surface area contributed by atoms with Gasteiger partial charge < -0.3 is 0 Å². The predicted octanol–water partition coefficient (Wildman–Crippen LogP) is 12.8. The Bertz CT molecular complexity index is 2080. The van der Waals surface area contributed by atoms with Crippen molar-refractivity contribution in [2.24, 2.45) is 0 Å². The smallest absolute Gasteiger partial charge is 0.194 e. The summed E-state index contributed by atoms with van der Waals surface area (Å²) in [5.74, 6) is -16.5. The molecule has 0 fully saturated rings. The van der Waals surface area contributed by atoms with Crippen LogP contribution in [0.3, 0.4) is 0 Å². The van der Waals surface area contributed by atoms with Gasteiger partial charge >= 0.3 is 30.1 Å². The molecule has 0 nitrogen and oxygen atoms in total. The van der Waals surface area contributed by atoms with Crippen LogP contribution in [0.2, 0.25) is 0 Å². The van der Waals surface area contributed by atoms with Gasteiger partial charge in [-0.05, 0) is 49.1 Å². The van der Waals surface area contributed by atoms with Crippen molar-refractivity contribution in [3.05, 3.63) is 116 Å². The third-order valence-electron chi connectivity index (χ3n) is 8.90. The van der Waals surface area contributed by atoms with Gasteiger partial charge in [-0.15, -0.1) is 22.7 Å². The monoisotopic (exact) mass is 734 g/mol. The van der Waals surface area contributed by atoms with Gasteiger partial charge in [-0.3, -0.25) is 0 Å². The molecule has 1 aliphatic carbocycles. The average molecular weight is 735 g/mol. The molecule has 0 saturated carbocycles. The lowest BCUT2D eigenvalue weighted by atomic mass is 9.72. The first-order valence-electron chi connectivity index (χ1n) is 14.4. The van der Waals surface area contributed by atoms with Crippen molar-refractivity contribution in [3.63, 3.8) is 0 Å². The molecule has 2 heterocycles. The van der Waals surface area contributed by atoms with Gasteiger partial charge in [0.05, 0.1) is 0 Å². The zero-order valence-electron chi connectivity index (χ0n) is 25.4. The first-order chi connectivity index (χ1) is 22.6. The van der Waals surface area contributed by atoms with Gasteiger partial charge in [-0.1, -0.05) is 72.8 Å². The minimum atomic E-state index is -5.85. The molecule has 14 heteroatoms. The Kier molecular flexibility index (Phi) is 7.95. The summed E-state index contributed by atoms with van der Waals surface area (Å²) >= 11 is 1.68. The molecule has 0 radical (unpaired) electrons. The highest BCUT2D eigenvalue weighted by Gasteiger charge is 2.80. The fourth-order valence-corrected chi connectivity index (χ4v) is 8.95.